The quantitative estimate of drug-likeness (QED) is 0.859. The van der Waals surface area contributed by atoms with Crippen LogP contribution in [0.5, 0.6) is 0 Å². The summed E-state index contributed by atoms with van der Waals surface area (Å²) < 4.78 is 44.3. The van der Waals surface area contributed by atoms with E-state index in [4.69, 9.17) is 0 Å². The zero-order valence-electron chi connectivity index (χ0n) is 9.38. The number of ether oxygens (including phenoxy) is 1. The van der Waals surface area contributed by atoms with Crippen molar-refractivity contribution < 1.29 is 22.7 Å². The van der Waals surface area contributed by atoms with E-state index < -0.39 is 30.5 Å². The summed E-state index contributed by atoms with van der Waals surface area (Å²) in [5.74, 6) is -3.72. The predicted molar refractivity (Wildman–Crippen MR) is 60.6 cm³/mol. The Hall–Kier alpha value is -1.43. The van der Waals surface area contributed by atoms with Gasteiger partial charge in [0.2, 0.25) is 0 Å². The molecule has 1 amide bonds. The van der Waals surface area contributed by atoms with Crippen molar-refractivity contribution in [1.82, 2.24) is 5.32 Å². The number of alkyl halides is 2. The molecule has 0 saturated carbocycles. The summed E-state index contributed by atoms with van der Waals surface area (Å²) in [5.41, 5.74) is 0.546. The van der Waals surface area contributed by atoms with Crippen molar-refractivity contribution in [2.24, 2.45) is 0 Å². The summed E-state index contributed by atoms with van der Waals surface area (Å²) in [6.07, 6.45) is -0.898. The van der Waals surface area contributed by atoms with Crippen LogP contribution in [0.3, 0.4) is 0 Å². The Bertz CT molecular complexity index is 468. The zero-order valence-corrected chi connectivity index (χ0v) is 10.2. The number of rotatable bonds is 1. The molecule has 1 N–H and O–H groups in total. The monoisotopic (exact) mass is 281 g/mol. The normalized spacial score (nSPS) is 21.6. The first kappa shape index (κ1) is 14.6. The zero-order chi connectivity index (χ0) is 12.6. The van der Waals surface area contributed by atoms with E-state index in [1.54, 1.807) is 0 Å². The minimum atomic E-state index is -3.21. The highest BCUT2D eigenvalue weighted by Gasteiger charge is 2.47. The Labute approximate surface area is 108 Å². The lowest BCUT2D eigenvalue weighted by atomic mass is 9.96. The number of nitrogens with one attached hydrogen (secondary N) is 1. The third-order valence-electron chi connectivity index (χ3n) is 2.62. The molecule has 0 bridgehead atoms. The molecule has 0 radical (unpaired) electrons. The number of carbonyl (C=O) groups excluding carboxylic acids is 1. The fraction of sp³-hybridized carbons (Fsp3) is 0.364. The summed E-state index contributed by atoms with van der Waals surface area (Å²) >= 11 is 0. The number of hydrogen-bond donors (Lipinski definition) is 1. The van der Waals surface area contributed by atoms with Crippen LogP contribution in [-0.2, 0) is 4.74 Å². The van der Waals surface area contributed by atoms with Gasteiger partial charge in [-0.05, 0) is 30.2 Å². The van der Waals surface area contributed by atoms with Gasteiger partial charge in [-0.15, -0.1) is 12.4 Å². The summed E-state index contributed by atoms with van der Waals surface area (Å²) in [5, 5.41) is 2.05. The van der Waals surface area contributed by atoms with Crippen molar-refractivity contribution in [3.05, 3.63) is 35.1 Å². The number of amides is 1. The molecule has 3 nitrogen and oxygen atoms in total. The van der Waals surface area contributed by atoms with E-state index in [1.807, 2.05) is 5.32 Å². The van der Waals surface area contributed by atoms with Crippen LogP contribution in [0.15, 0.2) is 18.2 Å². The van der Waals surface area contributed by atoms with E-state index in [1.165, 1.54) is 13.0 Å². The van der Waals surface area contributed by atoms with Crippen LogP contribution >= 0.6 is 12.4 Å². The van der Waals surface area contributed by atoms with Gasteiger partial charge in [-0.2, -0.15) is 0 Å². The van der Waals surface area contributed by atoms with Crippen LogP contribution < -0.4 is 5.32 Å². The third-order valence-corrected chi connectivity index (χ3v) is 2.62. The van der Waals surface area contributed by atoms with Gasteiger partial charge in [0, 0.05) is 0 Å². The molecule has 1 fully saturated rings. The van der Waals surface area contributed by atoms with Gasteiger partial charge in [0.05, 0.1) is 0 Å². The first-order chi connectivity index (χ1) is 7.90. The minimum Gasteiger partial charge on any atom is -0.443 e. The van der Waals surface area contributed by atoms with Gasteiger partial charge in [0.1, 0.15) is 11.9 Å². The molecule has 0 spiro atoms. The summed E-state index contributed by atoms with van der Waals surface area (Å²) in [7, 11) is 0. The van der Waals surface area contributed by atoms with Crippen molar-refractivity contribution in [1.29, 1.82) is 0 Å². The average Bonchev–Trinajstić information content (AvgIpc) is 2.23. The molecule has 0 unspecified atom stereocenters. The second-order valence-corrected chi connectivity index (χ2v) is 3.92. The number of benzene rings is 1. The molecule has 2 rings (SSSR count). The number of halogens is 4. The fourth-order valence-electron chi connectivity index (χ4n) is 1.78. The van der Waals surface area contributed by atoms with Crippen molar-refractivity contribution in [3.63, 3.8) is 0 Å². The van der Waals surface area contributed by atoms with Crippen LogP contribution in [0.25, 0.3) is 0 Å². The Kier molecular flexibility index (Phi) is 4.11. The van der Waals surface area contributed by atoms with Crippen molar-refractivity contribution >= 4 is 18.5 Å². The highest BCUT2D eigenvalue weighted by Crippen LogP contribution is 2.35. The molecule has 100 valence electrons. The second-order valence-electron chi connectivity index (χ2n) is 3.92. The molecule has 18 heavy (non-hydrogen) atoms. The third kappa shape index (κ3) is 2.69. The summed E-state index contributed by atoms with van der Waals surface area (Å²) in [4.78, 5) is 11.0. The van der Waals surface area contributed by atoms with Gasteiger partial charge in [-0.25, -0.2) is 18.0 Å². The maximum absolute atomic E-state index is 13.6. The Morgan fingerprint density at radius 3 is 2.72 bits per heavy atom. The van der Waals surface area contributed by atoms with Gasteiger partial charge < -0.3 is 10.1 Å². The molecule has 1 aliphatic heterocycles. The van der Waals surface area contributed by atoms with Crippen LogP contribution in [0, 0.1) is 12.7 Å². The Morgan fingerprint density at radius 1 is 1.44 bits per heavy atom. The predicted octanol–water partition coefficient (Wildman–Crippen LogP) is 2.97. The lowest BCUT2D eigenvalue weighted by molar-refractivity contribution is -0.104. The number of carbonyl (C=O) groups is 1. The van der Waals surface area contributed by atoms with Crippen molar-refractivity contribution in [3.8, 4) is 0 Å². The number of cyclic esters (lactones) is 1. The Balaban J connectivity index is 0.00000162. The van der Waals surface area contributed by atoms with Gasteiger partial charge in [0.15, 0.2) is 6.61 Å². The number of aryl methyl sites for hydroxylation is 1. The molecule has 0 aliphatic carbocycles. The maximum atomic E-state index is 13.6. The van der Waals surface area contributed by atoms with Crippen LogP contribution in [0.2, 0.25) is 0 Å². The van der Waals surface area contributed by atoms with Gasteiger partial charge in [0.25, 0.3) is 0 Å². The van der Waals surface area contributed by atoms with Crippen LogP contribution in [0.1, 0.15) is 17.2 Å². The minimum absolute atomic E-state index is 0. The molecule has 1 atom stereocenters. The lowest BCUT2D eigenvalue weighted by Gasteiger charge is -2.32. The molecule has 1 heterocycles. The number of hydrogen-bond acceptors (Lipinski definition) is 2. The summed E-state index contributed by atoms with van der Waals surface area (Å²) in [6.45, 7) is 0.538. The molecule has 1 aromatic carbocycles. The molecular weight excluding hydrogens is 271 g/mol. The van der Waals surface area contributed by atoms with Crippen molar-refractivity contribution in [2.75, 3.05) is 6.61 Å². The van der Waals surface area contributed by atoms with Gasteiger partial charge in [-0.3, -0.25) is 0 Å². The van der Waals surface area contributed by atoms with E-state index in [-0.39, 0.29) is 18.0 Å². The molecule has 1 saturated heterocycles. The molecule has 0 aromatic heterocycles. The van der Waals surface area contributed by atoms with Crippen LogP contribution in [-0.4, -0.2) is 18.6 Å². The standard InChI is InChI=1S/C11H10F3NO2.ClH/c1-6-4-7(12)2-3-8(6)9-11(13,14)5-17-10(16)15-9;/h2-4,9H,5H2,1H3,(H,15,16);1H/t9-;/m1./s1. The molecular formula is C11H11ClF3NO2. The average molecular weight is 282 g/mol. The van der Waals surface area contributed by atoms with Crippen LogP contribution in [0.4, 0.5) is 18.0 Å². The maximum Gasteiger partial charge on any atom is 0.408 e. The smallest absolute Gasteiger partial charge is 0.408 e. The van der Waals surface area contributed by atoms with E-state index in [9.17, 15) is 18.0 Å². The lowest BCUT2D eigenvalue weighted by Crippen LogP contribution is -2.49. The molecule has 7 heteroatoms. The van der Waals surface area contributed by atoms with E-state index in [0.717, 1.165) is 12.1 Å². The Morgan fingerprint density at radius 2 is 2.11 bits per heavy atom. The SMILES string of the molecule is Cc1cc(F)ccc1[C@H]1NC(=O)OCC1(F)F.Cl. The first-order valence-electron chi connectivity index (χ1n) is 4.97. The topological polar surface area (TPSA) is 38.3 Å². The van der Waals surface area contributed by atoms with E-state index in [2.05, 4.69) is 4.74 Å². The highest BCUT2D eigenvalue weighted by molar-refractivity contribution is 5.85. The molecule has 1 aromatic rings. The van der Waals surface area contributed by atoms with Gasteiger partial charge >= 0.3 is 12.0 Å². The largest absolute Gasteiger partial charge is 0.443 e. The van der Waals surface area contributed by atoms with E-state index in [0.29, 0.717) is 5.56 Å². The first-order valence-corrected chi connectivity index (χ1v) is 4.97. The molecule has 1 aliphatic rings. The number of alkyl carbamates (subject to hydrolysis) is 1. The second kappa shape index (κ2) is 5.06. The van der Waals surface area contributed by atoms with Gasteiger partial charge in [-0.1, -0.05) is 6.07 Å². The van der Waals surface area contributed by atoms with E-state index >= 15 is 0 Å². The highest BCUT2D eigenvalue weighted by atomic mass is 35.5. The fourth-order valence-corrected chi connectivity index (χ4v) is 1.78. The van der Waals surface area contributed by atoms with Crippen molar-refractivity contribution in [2.45, 2.75) is 18.9 Å². The summed E-state index contributed by atoms with van der Waals surface area (Å²) in [6, 6.07) is 1.99.